The Morgan fingerprint density at radius 1 is 1.11 bits per heavy atom. The Kier molecular flexibility index (Phi) is 5.35. The van der Waals surface area contributed by atoms with E-state index in [2.05, 4.69) is 42.8 Å². The summed E-state index contributed by atoms with van der Waals surface area (Å²) in [4.78, 5) is 0. The van der Waals surface area contributed by atoms with Crippen LogP contribution in [0.3, 0.4) is 0 Å². The van der Waals surface area contributed by atoms with Crippen LogP contribution in [0.25, 0.3) is 17.3 Å². The smallest absolute Gasteiger partial charge is 0.161 e. The summed E-state index contributed by atoms with van der Waals surface area (Å²) in [5, 5.41) is 10.3. The number of aromatic nitrogens is 1. The third-order valence-corrected chi connectivity index (χ3v) is 6.71. The predicted molar refractivity (Wildman–Crippen MR) is 113 cm³/mol. The quantitative estimate of drug-likeness (QED) is 0.736. The summed E-state index contributed by atoms with van der Waals surface area (Å²) in [5.74, 6) is 1.63. The zero-order valence-electron chi connectivity index (χ0n) is 17.3. The van der Waals surface area contributed by atoms with Crippen LogP contribution >= 0.6 is 0 Å². The van der Waals surface area contributed by atoms with Crippen LogP contribution in [-0.4, -0.2) is 30.2 Å². The Morgan fingerprint density at radius 3 is 2.39 bits per heavy atom. The molecule has 1 aromatic heterocycles. The fourth-order valence-corrected chi connectivity index (χ4v) is 5.25. The van der Waals surface area contributed by atoms with Gasteiger partial charge in [-0.05, 0) is 59.7 Å². The molecule has 150 valence electrons. The Labute approximate surface area is 167 Å². The van der Waals surface area contributed by atoms with Gasteiger partial charge in [-0.2, -0.15) is 0 Å². The molecule has 2 aliphatic rings. The summed E-state index contributed by atoms with van der Waals surface area (Å²) < 4.78 is 13.0. The SMILES string of the molecule is COc1ccc(-c2c(C3CCCC3)c3c(n2C)C(C)C(C(O)OC)C=C3)cc1. The highest BCUT2D eigenvalue weighted by molar-refractivity contribution is 5.76. The number of ether oxygens (including phenoxy) is 2. The number of hydrogen-bond acceptors (Lipinski definition) is 3. The molecule has 28 heavy (non-hydrogen) atoms. The molecule has 1 aromatic carbocycles. The average molecular weight is 382 g/mol. The number of nitrogens with zero attached hydrogens (tertiary/aromatic N) is 1. The second-order valence-electron chi connectivity index (χ2n) is 8.18. The molecule has 1 fully saturated rings. The molecular weight excluding hydrogens is 350 g/mol. The van der Waals surface area contributed by atoms with E-state index >= 15 is 0 Å². The van der Waals surface area contributed by atoms with Gasteiger partial charge < -0.3 is 19.1 Å². The van der Waals surface area contributed by atoms with Gasteiger partial charge in [0.2, 0.25) is 0 Å². The fourth-order valence-electron chi connectivity index (χ4n) is 5.25. The highest BCUT2D eigenvalue weighted by Gasteiger charge is 2.36. The molecule has 3 unspecified atom stereocenters. The lowest BCUT2D eigenvalue weighted by Gasteiger charge is -2.29. The van der Waals surface area contributed by atoms with E-state index in [0.29, 0.717) is 5.92 Å². The van der Waals surface area contributed by atoms with Crippen LogP contribution in [0.4, 0.5) is 0 Å². The van der Waals surface area contributed by atoms with E-state index in [1.807, 2.05) is 12.1 Å². The van der Waals surface area contributed by atoms with Crippen molar-refractivity contribution in [3.8, 4) is 17.0 Å². The van der Waals surface area contributed by atoms with Crippen molar-refractivity contribution in [3.63, 3.8) is 0 Å². The van der Waals surface area contributed by atoms with Gasteiger partial charge in [-0.15, -0.1) is 0 Å². The van der Waals surface area contributed by atoms with E-state index in [0.717, 1.165) is 5.75 Å². The fraction of sp³-hybridized carbons (Fsp3) is 0.500. The maximum Gasteiger partial charge on any atom is 0.161 e. The Bertz CT molecular complexity index is 859. The third kappa shape index (κ3) is 3.09. The largest absolute Gasteiger partial charge is 0.497 e. The van der Waals surface area contributed by atoms with Gasteiger partial charge in [0.15, 0.2) is 6.29 Å². The van der Waals surface area contributed by atoms with Crippen LogP contribution in [-0.2, 0) is 11.8 Å². The molecule has 0 radical (unpaired) electrons. The van der Waals surface area contributed by atoms with Gasteiger partial charge in [-0.3, -0.25) is 0 Å². The summed E-state index contributed by atoms with van der Waals surface area (Å²) in [6, 6.07) is 8.40. The van der Waals surface area contributed by atoms with Crippen LogP contribution in [0.5, 0.6) is 5.75 Å². The number of aliphatic hydroxyl groups excluding tert-OH is 1. The van der Waals surface area contributed by atoms with E-state index in [-0.39, 0.29) is 11.8 Å². The summed E-state index contributed by atoms with van der Waals surface area (Å²) in [6.45, 7) is 2.20. The van der Waals surface area contributed by atoms with Crippen LogP contribution in [0, 0.1) is 5.92 Å². The van der Waals surface area contributed by atoms with Gasteiger partial charge in [0.25, 0.3) is 0 Å². The summed E-state index contributed by atoms with van der Waals surface area (Å²) in [6.07, 6.45) is 8.70. The molecule has 0 saturated heterocycles. The van der Waals surface area contributed by atoms with Crippen LogP contribution in [0.1, 0.15) is 61.3 Å². The van der Waals surface area contributed by atoms with Crippen molar-refractivity contribution in [2.75, 3.05) is 14.2 Å². The first-order valence-electron chi connectivity index (χ1n) is 10.3. The van der Waals surface area contributed by atoms with E-state index in [4.69, 9.17) is 9.47 Å². The number of hydrogen-bond donors (Lipinski definition) is 1. The predicted octanol–water partition coefficient (Wildman–Crippen LogP) is 5.07. The second kappa shape index (κ2) is 7.76. The van der Waals surface area contributed by atoms with Crippen LogP contribution in [0.2, 0.25) is 0 Å². The Hall–Kier alpha value is -2.04. The first-order valence-corrected chi connectivity index (χ1v) is 10.3. The molecule has 0 bridgehead atoms. The highest BCUT2D eigenvalue weighted by atomic mass is 16.6. The lowest BCUT2D eigenvalue weighted by molar-refractivity contribution is -0.105. The van der Waals surface area contributed by atoms with E-state index in [9.17, 15) is 5.11 Å². The number of fused-ring (bicyclic) bond motifs is 1. The standard InChI is InChI=1S/C24H31NO3/c1-15-19(24(26)28-4)13-14-20-21(16-7-5-6-8-16)23(25(2)22(15)20)17-9-11-18(27-3)12-10-17/h9-16,19,24,26H,5-8H2,1-4H3. The molecular formula is C24H31NO3. The first kappa shape index (κ1) is 19.3. The molecule has 1 N–H and O–H groups in total. The van der Waals surface area contributed by atoms with Crippen LogP contribution < -0.4 is 4.74 Å². The second-order valence-corrected chi connectivity index (χ2v) is 8.18. The van der Waals surface area contributed by atoms with Crippen molar-refractivity contribution in [2.24, 2.45) is 13.0 Å². The molecule has 4 rings (SSSR count). The van der Waals surface area contributed by atoms with Gasteiger partial charge in [-0.25, -0.2) is 0 Å². The van der Waals surface area contributed by atoms with Gasteiger partial charge >= 0.3 is 0 Å². The number of benzene rings is 1. The molecule has 0 amide bonds. The monoisotopic (exact) mass is 381 g/mol. The van der Waals surface area contributed by atoms with Crippen molar-refractivity contribution in [2.45, 2.75) is 50.7 Å². The zero-order chi connectivity index (χ0) is 19.8. The lowest BCUT2D eigenvalue weighted by Crippen LogP contribution is -2.28. The lowest BCUT2D eigenvalue weighted by atomic mass is 9.81. The maximum atomic E-state index is 10.3. The summed E-state index contributed by atoms with van der Waals surface area (Å²) >= 11 is 0. The van der Waals surface area contributed by atoms with Gasteiger partial charge in [-0.1, -0.05) is 31.9 Å². The molecule has 4 nitrogen and oxygen atoms in total. The zero-order valence-corrected chi connectivity index (χ0v) is 17.3. The molecule has 0 spiro atoms. The van der Waals surface area contributed by atoms with Crippen molar-refractivity contribution < 1.29 is 14.6 Å². The number of methoxy groups -OCH3 is 2. The Balaban J connectivity index is 1.88. The molecule has 2 aromatic rings. The number of aliphatic hydroxyl groups is 1. The molecule has 1 heterocycles. The minimum absolute atomic E-state index is 0.0359. The Morgan fingerprint density at radius 2 is 1.79 bits per heavy atom. The average Bonchev–Trinajstić information content (AvgIpc) is 3.34. The third-order valence-electron chi connectivity index (χ3n) is 6.71. The van der Waals surface area contributed by atoms with Crippen molar-refractivity contribution in [3.05, 3.63) is 47.2 Å². The van der Waals surface area contributed by atoms with Crippen molar-refractivity contribution in [1.82, 2.24) is 4.57 Å². The van der Waals surface area contributed by atoms with Crippen molar-refractivity contribution in [1.29, 1.82) is 0 Å². The van der Waals surface area contributed by atoms with E-state index in [1.165, 1.54) is 53.8 Å². The van der Waals surface area contributed by atoms with E-state index in [1.54, 1.807) is 14.2 Å². The molecule has 0 aliphatic heterocycles. The molecule has 1 saturated carbocycles. The van der Waals surface area contributed by atoms with Gasteiger partial charge in [0, 0.05) is 31.7 Å². The van der Waals surface area contributed by atoms with Crippen molar-refractivity contribution >= 4 is 6.08 Å². The minimum Gasteiger partial charge on any atom is -0.497 e. The first-order chi connectivity index (χ1) is 13.6. The van der Waals surface area contributed by atoms with Gasteiger partial charge in [0.05, 0.1) is 12.8 Å². The normalized spacial score (nSPS) is 23.0. The maximum absolute atomic E-state index is 10.3. The minimum atomic E-state index is -0.784. The van der Waals surface area contributed by atoms with Crippen LogP contribution in [0.15, 0.2) is 30.3 Å². The molecule has 3 atom stereocenters. The topological polar surface area (TPSA) is 43.6 Å². The molecule has 2 aliphatic carbocycles. The number of rotatable bonds is 5. The summed E-state index contributed by atoms with van der Waals surface area (Å²) in [7, 11) is 5.44. The van der Waals surface area contributed by atoms with E-state index < -0.39 is 6.29 Å². The van der Waals surface area contributed by atoms with Gasteiger partial charge in [0.1, 0.15) is 5.75 Å². The molecule has 4 heteroatoms. The highest BCUT2D eigenvalue weighted by Crippen LogP contribution is 2.48. The summed E-state index contributed by atoms with van der Waals surface area (Å²) in [5.41, 5.74) is 6.67.